The van der Waals surface area contributed by atoms with Gasteiger partial charge in [0.2, 0.25) is 0 Å². The summed E-state index contributed by atoms with van der Waals surface area (Å²) in [5.74, 6) is 1.86. The predicted octanol–water partition coefficient (Wildman–Crippen LogP) is 3.94. The minimum atomic E-state index is 0.883. The van der Waals surface area contributed by atoms with Gasteiger partial charge >= 0.3 is 0 Å². The lowest BCUT2D eigenvalue weighted by atomic mass is 9.91. The molecule has 1 aliphatic heterocycles. The molecule has 2 rings (SSSR count). The summed E-state index contributed by atoms with van der Waals surface area (Å²) >= 11 is 0. The molecule has 1 heteroatoms. The summed E-state index contributed by atoms with van der Waals surface area (Å²) in [5, 5.41) is 0. The van der Waals surface area contributed by atoms with Crippen LogP contribution < -0.4 is 0 Å². The third kappa shape index (κ3) is 3.64. The molecular weight excluding hydrogens is 184 g/mol. The zero-order chi connectivity index (χ0) is 10.3. The molecule has 0 radical (unpaired) electrons. The zero-order valence-electron chi connectivity index (χ0n) is 9.79. The molecule has 1 fully saturated rings. The van der Waals surface area contributed by atoms with E-state index < -0.39 is 0 Å². The fourth-order valence-electron chi connectivity index (χ4n) is 3.00. The lowest BCUT2D eigenvalue weighted by molar-refractivity contribution is 0.0865. The molecule has 0 spiro atoms. The minimum Gasteiger partial charge on any atom is -0.381 e. The number of ether oxygens (including phenoxy) is 1. The molecule has 1 heterocycles. The Morgan fingerprint density at radius 2 is 1.60 bits per heavy atom. The molecule has 86 valence electrons. The normalized spacial score (nSPS) is 36.3. The molecule has 0 aromatic carbocycles. The Morgan fingerprint density at radius 1 is 0.800 bits per heavy atom. The van der Waals surface area contributed by atoms with Crippen molar-refractivity contribution in [2.45, 2.75) is 51.4 Å². The Labute approximate surface area is 93.9 Å². The van der Waals surface area contributed by atoms with Gasteiger partial charge in [-0.2, -0.15) is 0 Å². The van der Waals surface area contributed by atoms with Crippen LogP contribution in [-0.4, -0.2) is 13.2 Å². The van der Waals surface area contributed by atoms with Gasteiger partial charge in [-0.3, -0.25) is 0 Å². The quantitative estimate of drug-likeness (QED) is 0.548. The van der Waals surface area contributed by atoms with Gasteiger partial charge in [-0.15, -0.1) is 0 Å². The molecule has 0 amide bonds. The van der Waals surface area contributed by atoms with Gasteiger partial charge in [-0.1, -0.05) is 37.8 Å². The first kappa shape index (κ1) is 11.2. The SMILES string of the molecule is C1=C\CCOCC2CCCC2CCCC/1. The maximum absolute atomic E-state index is 5.77. The van der Waals surface area contributed by atoms with E-state index in [1.165, 1.54) is 44.9 Å². The summed E-state index contributed by atoms with van der Waals surface area (Å²) in [6, 6.07) is 0. The summed E-state index contributed by atoms with van der Waals surface area (Å²) in [6.45, 7) is 1.96. The lowest BCUT2D eigenvalue weighted by Gasteiger charge is -2.19. The van der Waals surface area contributed by atoms with Crippen molar-refractivity contribution in [2.75, 3.05) is 13.2 Å². The maximum Gasteiger partial charge on any atom is 0.0500 e. The fraction of sp³-hybridized carbons (Fsp3) is 0.857. The Kier molecular flexibility index (Phi) is 4.72. The van der Waals surface area contributed by atoms with Gasteiger partial charge in [-0.05, 0) is 37.5 Å². The van der Waals surface area contributed by atoms with Crippen LogP contribution in [0, 0.1) is 11.8 Å². The average Bonchev–Trinajstić information content (AvgIpc) is 2.65. The fourth-order valence-corrected chi connectivity index (χ4v) is 3.00. The van der Waals surface area contributed by atoms with Crippen LogP contribution in [0.5, 0.6) is 0 Å². The van der Waals surface area contributed by atoms with Crippen LogP contribution in [-0.2, 0) is 4.74 Å². The molecule has 0 aromatic rings. The highest BCUT2D eigenvalue weighted by molar-refractivity contribution is 4.83. The van der Waals surface area contributed by atoms with Crippen LogP contribution in [0.1, 0.15) is 51.4 Å². The van der Waals surface area contributed by atoms with E-state index >= 15 is 0 Å². The smallest absolute Gasteiger partial charge is 0.0500 e. The average molecular weight is 208 g/mol. The Balaban J connectivity index is 1.82. The predicted molar refractivity (Wildman–Crippen MR) is 63.9 cm³/mol. The first-order valence-electron chi connectivity index (χ1n) is 6.69. The third-order valence-corrected chi connectivity index (χ3v) is 3.94. The van der Waals surface area contributed by atoms with Crippen LogP contribution >= 0.6 is 0 Å². The van der Waals surface area contributed by atoms with Crippen LogP contribution in [0.15, 0.2) is 12.2 Å². The second-order valence-corrected chi connectivity index (χ2v) is 5.07. The van der Waals surface area contributed by atoms with Gasteiger partial charge in [0.05, 0.1) is 6.61 Å². The van der Waals surface area contributed by atoms with Gasteiger partial charge in [0, 0.05) is 6.61 Å². The van der Waals surface area contributed by atoms with Crippen molar-refractivity contribution in [2.24, 2.45) is 11.8 Å². The summed E-state index contributed by atoms with van der Waals surface area (Å²) < 4.78 is 5.77. The maximum atomic E-state index is 5.77. The van der Waals surface area contributed by atoms with Gasteiger partial charge in [-0.25, -0.2) is 0 Å². The highest BCUT2D eigenvalue weighted by atomic mass is 16.5. The van der Waals surface area contributed by atoms with E-state index in [-0.39, 0.29) is 0 Å². The molecule has 1 aliphatic carbocycles. The number of hydrogen-bond acceptors (Lipinski definition) is 1. The van der Waals surface area contributed by atoms with Crippen molar-refractivity contribution in [1.29, 1.82) is 0 Å². The minimum absolute atomic E-state index is 0.883. The Bertz CT molecular complexity index is 178. The zero-order valence-corrected chi connectivity index (χ0v) is 9.79. The molecule has 2 aliphatic rings. The number of allylic oxidation sites excluding steroid dienone is 1. The molecule has 0 aromatic heterocycles. The van der Waals surface area contributed by atoms with Gasteiger partial charge in [0.25, 0.3) is 0 Å². The molecule has 1 saturated carbocycles. The van der Waals surface area contributed by atoms with E-state index in [4.69, 9.17) is 4.74 Å². The van der Waals surface area contributed by atoms with Crippen molar-refractivity contribution in [1.82, 2.24) is 0 Å². The van der Waals surface area contributed by atoms with Crippen molar-refractivity contribution in [3.05, 3.63) is 12.2 Å². The van der Waals surface area contributed by atoms with Crippen LogP contribution in [0.25, 0.3) is 0 Å². The van der Waals surface area contributed by atoms with Crippen LogP contribution in [0.4, 0.5) is 0 Å². The van der Waals surface area contributed by atoms with E-state index in [2.05, 4.69) is 12.2 Å². The Morgan fingerprint density at radius 3 is 2.60 bits per heavy atom. The van der Waals surface area contributed by atoms with Crippen molar-refractivity contribution >= 4 is 0 Å². The monoisotopic (exact) mass is 208 g/mol. The van der Waals surface area contributed by atoms with E-state index in [0.717, 1.165) is 31.5 Å². The van der Waals surface area contributed by atoms with Crippen molar-refractivity contribution in [3.63, 3.8) is 0 Å². The van der Waals surface area contributed by atoms with Gasteiger partial charge in [0.1, 0.15) is 0 Å². The lowest BCUT2D eigenvalue weighted by Crippen LogP contribution is -2.15. The molecule has 2 unspecified atom stereocenters. The van der Waals surface area contributed by atoms with Crippen molar-refractivity contribution in [3.8, 4) is 0 Å². The van der Waals surface area contributed by atoms with E-state index in [1.54, 1.807) is 0 Å². The molecule has 0 N–H and O–H groups in total. The van der Waals surface area contributed by atoms with E-state index in [9.17, 15) is 0 Å². The molecular formula is C14H24O. The summed E-state index contributed by atoms with van der Waals surface area (Å²) in [7, 11) is 0. The van der Waals surface area contributed by atoms with Crippen LogP contribution in [0.2, 0.25) is 0 Å². The highest BCUT2D eigenvalue weighted by Crippen LogP contribution is 2.35. The second kappa shape index (κ2) is 6.32. The molecule has 15 heavy (non-hydrogen) atoms. The summed E-state index contributed by atoms with van der Waals surface area (Å²) in [5.41, 5.74) is 0. The third-order valence-electron chi connectivity index (χ3n) is 3.94. The topological polar surface area (TPSA) is 9.23 Å². The Hall–Kier alpha value is -0.300. The summed E-state index contributed by atoms with van der Waals surface area (Å²) in [4.78, 5) is 0. The highest BCUT2D eigenvalue weighted by Gasteiger charge is 2.26. The standard InChI is InChI=1S/C14H24O/c1-2-4-6-11-15-12-14-10-7-9-13(14)8-5-3-1/h2,4,13-14H,1,3,5-12H2/b4-2-. The van der Waals surface area contributed by atoms with E-state index in [0.29, 0.717) is 0 Å². The molecule has 0 bridgehead atoms. The second-order valence-electron chi connectivity index (χ2n) is 5.07. The van der Waals surface area contributed by atoms with Crippen LogP contribution in [0.3, 0.4) is 0 Å². The molecule has 0 saturated heterocycles. The molecule has 2 atom stereocenters. The molecule has 1 nitrogen and oxygen atoms in total. The van der Waals surface area contributed by atoms with Gasteiger partial charge in [0.15, 0.2) is 0 Å². The first-order valence-corrected chi connectivity index (χ1v) is 6.69. The van der Waals surface area contributed by atoms with E-state index in [1.807, 2.05) is 0 Å². The number of fused-ring (bicyclic) bond motifs is 1. The number of hydrogen-bond donors (Lipinski definition) is 0. The van der Waals surface area contributed by atoms with Crippen molar-refractivity contribution < 1.29 is 4.74 Å². The number of rotatable bonds is 0. The summed E-state index contributed by atoms with van der Waals surface area (Å²) in [6.07, 6.45) is 15.6. The first-order chi connectivity index (χ1) is 7.47. The van der Waals surface area contributed by atoms with Gasteiger partial charge < -0.3 is 4.74 Å². The largest absolute Gasteiger partial charge is 0.381 e.